The maximum Gasteiger partial charge on any atom is 0.326 e. The van der Waals surface area contributed by atoms with E-state index in [0.29, 0.717) is 12.6 Å². The van der Waals surface area contributed by atoms with E-state index >= 15 is 0 Å². The Morgan fingerprint density at radius 2 is 2.36 bits per heavy atom. The van der Waals surface area contributed by atoms with Gasteiger partial charge in [0.2, 0.25) is 0 Å². The Balaban J connectivity index is 2.36. The third kappa shape index (κ3) is 2.85. The maximum atomic E-state index is 11.4. The van der Waals surface area contributed by atoms with Crippen LogP contribution in [-0.4, -0.2) is 47.2 Å². The number of carbonyl (C=O) groups excluding carboxylic acids is 1. The minimum absolute atomic E-state index is 0.142. The summed E-state index contributed by atoms with van der Waals surface area (Å²) in [6, 6.07) is 0.179. The fourth-order valence-electron chi connectivity index (χ4n) is 0.888. The highest BCUT2D eigenvalue weighted by Crippen LogP contribution is 1.90. The molecule has 1 rings (SSSR count). The number of imidazole rings is 1. The zero-order chi connectivity index (χ0) is 10.6. The summed E-state index contributed by atoms with van der Waals surface area (Å²) in [6.45, 7) is 2.68. The molecule has 0 aliphatic rings. The number of aromatic nitrogens is 2. The molecule has 5 heteroatoms. The summed E-state index contributed by atoms with van der Waals surface area (Å²) in [5, 5.41) is 2.81. The Hall–Kier alpha value is -1.36. The van der Waals surface area contributed by atoms with Crippen LogP contribution < -0.4 is 5.32 Å². The molecule has 1 heterocycles. The van der Waals surface area contributed by atoms with Gasteiger partial charge in [0.25, 0.3) is 0 Å². The molecule has 0 aromatic carbocycles. The highest BCUT2D eigenvalue weighted by Gasteiger charge is 2.07. The molecule has 1 atom stereocenters. The second-order valence-electron chi connectivity index (χ2n) is 3.47. The van der Waals surface area contributed by atoms with Crippen LogP contribution in [-0.2, 0) is 0 Å². The zero-order valence-corrected chi connectivity index (χ0v) is 8.77. The number of likely N-dealkylation sites (N-methyl/N-ethyl adjacent to an activating group) is 1. The Kier molecular flexibility index (Phi) is 3.64. The number of hydrogen-bond acceptors (Lipinski definition) is 3. The van der Waals surface area contributed by atoms with Crippen LogP contribution in [0.3, 0.4) is 0 Å². The molecule has 0 saturated carbocycles. The van der Waals surface area contributed by atoms with Crippen molar-refractivity contribution in [3.05, 3.63) is 18.7 Å². The Bertz CT molecular complexity index is 281. The van der Waals surface area contributed by atoms with Gasteiger partial charge in [-0.2, -0.15) is 0 Å². The molecule has 0 radical (unpaired) electrons. The first-order valence-electron chi connectivity index (χ1n) is 4.54. The molecule has 0 aliphatic carbocycles. The Labute approximate surface area is 83.7 Å². The minimum Gasteiger partial charge on any atom is -0.336 e. The smallest absolute Gasteiger partial charge is 0.326 e. The second kappa shape index (κ2) is 4.76. The Morgan fingerprint density at radius 1 is 1.64 bits per heavy atom. The van der Waals surface area contributed by atoms with Crippen molar-refractivity contribution in [1.29, 1.82) is 0 Å². The summed E-state index contributed by atoms with van der Waals surface area (Å²) >= 11 is 0. The lowest BCUT2D eigenvalue weighted by Crippen LogP contribution is -2.39. The zero-order valence-electron chi connectivity index (χ0n) is 8.77. The van der Waals surface area contributed by atoms with Gasteiger partial charge in [-0.05, 0) is 21.0 Å². The molecule has 1 amide bonds. The van der Waals surface area contributed by atoms with Gasteiger partial charge in [0.15, 0.2) is 0 Å². The summed E-state index contributed by atoms with van der Waals surface area (Å²) in [6.07, 6.45) is 4.68. The third-order valence-corrected chi connectivity index (χ3v) is 2.17. The van der Waals surface area contributed by atoms with E-state index in [2.05, 4.69) is 10.3 Å². The van der Waals surface area contributed by atoms with Crippen molar-refractivity contribution in [1.82, 2.24) is 19.8 Å². The van der Waals surface area contributed by atoms with Gasteiger partial charge in [0, 0.05) is 25.0 Å². The standard InChI is InChI=1S/C9H16N4O/c1-8(12(2)3)6-11-9(14)13-5-4-10-7-13/h4-5,7-8H,6H2,1-3H3,(H,11,14). The van der Waals surface area contributed by atoms with E-state index in [1.54, 1.807) is 12.4 Å². The molecule has 1 aromatic rings. The molecule has 1 unspecified atom stereocenters. The van der Waals surface area contributed by atoms with E-state index in [9.17, 15) is 4.79 Å². The SMILES string of the molecule is CC(CNC(=O)n1ccnc1)N(C)C. The van der Waals surface area contributed by atoms with Crippen LogP contribution in [0.25, 0.3) is 0 Å². The van der Waals surface area contributed by atoms with Gasteiger partial charge in [-0.15, -0.1) is 0 Å². The van der Waals surface area contributed by atoms with Crippen LogP contribution in [0.5, 0.6) is 0 Å². The number of carbonyl (C=O) groups is 1. The van der Waals surface area contributed by atoms with Crippen molar-refractivity contribution in [2.45, 2.75) is 13.0 Å². The maximum absolute atomic E-state index is 11.4. The summed E-state index contributed by atoms with van der Waals surface area (Å²) < 4.78 is 1.42. The molecule has 0 aliphatic heterocycles. The van der Waals surface area contributed by atoms with Gasteiger partial charge in [-0.25, -0.2) is 9.78 Å². The van der Waals surface area contributed by atoms with Gasteiger partial charge in [0.05, 0.1) is 0 Å². The van der Waals surface area contributed by atoms with Gasteiger partial charge >= 0.3 is 6.03 Å². The van der Waals surface area contributed by atoms with Gasteiger partial charge in [-0.3, -0.25) is 4.57 Å². The van der Waals surface area contributed by atoms with Crippen LogP contribution >= 0.6 is 0 Å². The van der Waals surface area contributed by atoms with E-state index in [1.807, 2.05) is 25.9 Å². The van der Waals surface area contributed by atoms with Gasteiger partial charge in [-0.1, -0.05) is 0 Å². The second-order valence-corrected chi connectivity index (χ2v) is 3.47. The van der Waals surface area contributed by atoms with Crippen LogP contribution in [0.4, 0.5) is 4.79 Å². The molecule has 5 nitrogen and oxygen atoms in total. The van der Waals surface area contributed by atoms with Crippen LogP contribution in [0, 0.1) is 0 Å². The number of rotatable bonds is 3. The topological polar surface area (TPSA) is 50.2 Å². The molecule has 78 valence electrons. The summed E-state index contributed by atoms with van der Waals surface area (Å²) in [4.78, 5) is 17.3. The van der Waals surface area contributed by atoms with Crippen LogP contribution in [0.15, 0.2) is 18.7 Å². The first-order valence-corrected chi connectivity index (χ1v) is 4.54. The normalized spacial score (nSPS) is 12.9. The Morgan fingerprint density at radius 3 is 2.86 bits per heavy atom. The van der Waals surface area contributed by atoms with Crippen molar-refractivity contribution < 1.29 is 4.79 Å². The van der Waals surface area contributed by atoms with Gasteiger partial charge in [0.1, 0.15) is 6.33 Å². The average molecular weight is 196 g/mol. The van der Waals surface area contributed by atoms with E-state index in [4.69, 9.17) is 0 Å². The first kappa shape index (κ1) is 10.7. The first-order chi connectivity index (χ1) is 6.61. The quantitative estimate of drug-likeness (QED) is 0.761. The lowest BCUT2D eigenvalue weighted by atomic mass is 10.3. The third-order valence-electron chi connectivity index (χ3n) is 2.17. The molecule has 0 bridgehead atoms. The number of nitrogens with one attached hydrogen (secondary N) is 1. The summed E-state index contributed by atoms with van der Waals surface area (Å²) in [5.74, 6) is 0. The average Bonchev–Trinajstić information content (AvgIpc) is 2.66. The van der Waals surface area contributed by atoms with Crippen molar-refractivity contribution >= 4 is 6.03 Å². The van der Waals surface area contributed by atoms with Crippen molar-refractivity contribution in [2.24, 2.45) is 0 Å². The van der Waals surface area contributed by atoms with Gasteiger partial charge < -0.3 is 10.2 Å². The van der Waals surface area contributed by atoms with Crippen molar-refractivity contribution in [2.75, 3.05) is 20.6 Å². The van der Waals surface area contributed by atoms with Crippen molar-refractivity contribution in [3.8, 4) is 0 Å². The molecule has 14 heavy (non-hydrogen) atoms. The molecule has 0 fully saturated rings. The number of nitrogens with zero attached hydrogens (tertiary/aromatic N) is 3. The molecule has 0 spiro atoms. The molecule has 1 aromatic heterocycles. The van der Waals surface area contributed by atoms with E-state index in [0.717, 1.165) is 0 Å². The fraction of sp³-hybridized carbons (Fsp3) is 0.556. The van der Waals surface area contributed by atoms with E-state index in [1.165, 1.54) is 10.9 Å². The molecular weight excluding hydrogens is 180 g/mol. The fourth-order valence-corrected chi connectivity index (χ4v) is 0.888. The molecule has 1 N–H and O–H groups in total. The van der Waals surface area contributed by atoms with Crippen LogP contribution in [0.1, 0.15) is 6.92 Å². The van der Waals surface area contributed by atoms with E-state index in [-0.39, 0.29) is 6.03 Å². The lowest BCUT2D eigenvalue weighted by molar-refractivity contribution is 0.236. The monoisotopic (exact) mass is 196 g/mol. The minimum atomic E-state index is -0.142. The summed E-state index contributed by atoms with van der Waals surface area (Å²) in [5.41, 5.74) is 0. The molecule has 0 saturated heterocycles. The number of hydrogen-bond donors (Lipinski definition) is 1. The predicted octanol–water partition coefficient (Wildman–Crippen LogP) is 0.391. The van der Waals surface area contributed by atoms with E-state index < -0.39 is 0 Å². The molecular formula is C9H16N4O. The largest absolute Gasteiger partial charge is 0.336 e. The lowest BCUT2D eigenvalue weighted by Gasteiger charge is -2.19. The summed E-state index contributed by atoms with van der Waals surface area (Å²) in [7, 11) is 3.96. The van der Waals surface area contributed by atoms with Crippen LogP contribution in [0.2, 0.25) is 0 Å². The number of amides is 1. The highest BCUT2D eigenvalue weighted by atomic mass is 16.2. The predicted molar refractivity (Wildman–Crippen MR) is 54.2 cm³/mol. The highest BCUT2D eigenvalue weighted by molar-refractivity contribution is 5.76. The van der Waals surface area contributed by atoms with Crippen molar-refractivity contribution in [3.63, 3.8) is 0 Å².